The molecule has 1 aliphatic carbocycles. The van der Waals surface area contributed by atoms with Gasteiger partial charge >= 0.3 is 0 Å². The number of halogens is 3. The Morgan fingerprint density at radius 1 is 1.38 bits per heavy atom. The van der Waals surface area contributed by atoms with E-state index >= 15 is 0 Å². The molecule has 8 heteroatoms. The maximum Gasteiger partial charge on any atom is 0.262 e. The molecule has 1 aromatic carbocycles. The topological polar surface area (TPSA) is 63.2 Å². The third-order valence-electron chi connectivity index (χ3n) is 3.56. The van der Waals surface area contributed by atoms with Gasteiger partial charge in [0.15, 0.2) is 0 Å². The summed E-state index contributed by atoms with van der Waals surface area (Å²) in [5.41, 5.74) is -0.377. The van der Waals surface area contributed by atoms with Crippen LogP contribution in [-0.2, 0) is 9.05 Å². The first-order chi connectivity index (χ1) is 9.68. The molecular weight excluding hydrogens is 340 g/mol. The molecule has 1 amide bonds. The Morgan fingerprint density at radius 2 is 2.05 bits per heavy atom. The summed E-state index contributed by atoms with van der Waals surface area (Å²) in [5, 5.41) is 2.35. The third-order valence-corrected chi connectivity index (χ3v) is 5.35. The van der Waals surface area contributed by atoms with E-state index in [9.17, 15) is 17.6 Å². The van der Waals surface area contributed by atoms with Crippen molar-refractivity contribution in [1.82, 2.24) is 5.32 Å². The molecule has 21 heavy (non-hydrogen) atoms. The zero-order chi connectivity index (χ0) is 15.8. The van der Waals surface area contributed by atoms with Crippen LogP contribution in [0, 0.1) is 11.7 Å². The third kappa shape index (κ3) is 3.87. The van der Waals surface area contributed by atoms with Gasteiger partial charge in [0.05, 0.1) is 10.6 Å². The molecule has 0 saturated heterocycles. The highest BCUT2D eigenvalue weighted by molar-refractivity contribution is 8.13. The molecule has 0 aromatic heterocycles. The maximum absolute atomic E-state index is 13.8. The molecule has 1 fully saturated rings. The molecule has 116 valence electrons. The number of hydrogen-bond acceptors (Lipinski definition) is 3. The highest BCUT2D eigenvalue weighted by Gasteiger charge is 2.26. The Labute approximate surface area is 132 Å². The van der Waals surface area contributed by atoms with E-state index in [0.29, 0.717) is 5.92 Å². The van der Waals surface area contributed by atoms with Crippen molar-refractivity contribution >= 4 is 37.2 Å². The summed E-state index contributed by atoms with van der Waals surface area (Å²) in [6.07, 6.45) is 2.64. The summed E-state index contributed by atoms with van der Waals surface area (Å²) in [7, 11) is 1.07. The second-order valence-corrected chi connectivity index (χ2v) is 8.23. The summed E-state index contributed by atoms with van der Waals surface area (Å²) in [6, 6.07) is 1.62. The normalized spacial score (nSPS) is 22.3. The lowest BCUT2D eigenvalue weighted by Crippen LogP contribution is -2.33. The molecule has 2 atom stereocenters. The standard InChI is InChI=1S/C13H14Cl2FNO3S/c1-7-2-3-8(4-7)17-13(18)9-5-12(21(15,19)20)10(14)6-11(9)16/h5-8H,2-4H2,1H3,(H,17,18). The van der Waals surface area contributed by atoms with Crippen LogP contribution >= 0.6 is 22.3 Å². The van der Waals surface area contributed by atoms with Crippen molar-refractivity contribution in [2.45, 2.75) is 37.1 Å². The van der Waals surface area contributed by atoms with Gasteiger partial charge in [-0.25, -0.2) is 12.8 Å². The fourth-order valence-electron chi connectivity index (χ4n) is 2.49. The van der Waals surface area contributed by atoms with Gasteiger partial charge in [0.2, 0.25) is 0 Å². The van der Waals surface area contributed by atoms with E-state index in [1.165, 1.54) is 0 Å². The van der Waals surface area contributed by atoms with Gasteiger partial charge < -0.3 is 5.32 Å². The van der Waals surface area contributed by atoms with Crippen LogP contribution < -0.4 is 5.32 Å². The number of rotatable bonds is 3. The van der Waals surface area contributed by atoms with Crippen LogP contribution in [0.5, 0.6) is 0 Å². The lowest BCUT2D eigenvalue weighted by Gasteiger charge is -2.13. The zero-order valence-electron chi connectivity index (χ0n) is 11.2. The van der Waals surface area contributed by atoms with Crippen LogP contribution in [0.3, 0.4) is 0 Å². The highest BCUT2D eigenvalue weighted by atomic mass is 35.7. The van der Waals surface area contributed by atoms with Crippen molar-refractivity contribution < 1.29 is 17.6 Å². The van der Waals surface area contributed by atoms with Crippen LogP contribution in [0.1, 0.15) is 36.5 Å². The molecule has 2 rings (SSSR count). The van der Waals surface area contributed by atoms with E-state index in [1.54, 1.807) is 0 Å². The predicted molar refractivity (Wildman–Crippen MR) is 78.7 cm³/mol. The average molecular weight is 354 g/mol. The molecule has 1 aromatic rings. The van der Waals surface area contributed by atoms with E-state index in [1.807, 2.05) is 0 Å². The van der Waals surface area contributed by atoms with Crippen LogP contribution in [0.4, 0.5) is 4.39 Å². The van der Waals surface area contributed by atoms with Gasteiger partial charge in [0.25, 0.3) is 15.0 Å². The van der Waals surface area contributed by atoms with Crippen LogP contribution in [0.2, 0.25) is 5.02 Å². The largest absolute Gasteiger partial charge is 0.349 e. The van der Waals surface area contributed by atoms with Crippen LogP contribution in [0.25, 0.3) is 0 Å². The van der Waals surface area contributed by atoms with Crippen LogP contribution in [-0.4, -0.2) is 20.4 Å². The van der Waals surface area contributed by atoms with Crippen molar-refractivity contribution in [3.05, 3.63) is 28.5 Å². The Kier molecular flexibility index (Phi) is 4.80. The Hall–Kier alpha value is -0.850. The number of hydrogen-bond donors (Lipinski definition) is 1. The first kappa shape index (κ1) is 16.5. The second-order valence-electron chi connectivity index (χ2n) is 5.29. The van der Waals surface area contributed by atoms with Gasteiger partial charge in [0.1, 0.15) is 10.7 Å². The molecule has 4 nitrogen and oxygen atoms in total. The van der Waals surface area contributed by atoms with Gasteiger partial charge in [0, 0.05) is 16.7 Å². The summed E-state index contributed by atoms with van der Waals surface area (Å²) in [6.45, 7) is 2.08. The summed E-state index contributed by atoms with van der Waals surface area (Å²) in [5.74, 6) is -1.04. The van der Waals surface area contributed by atoms with Crippen molar-refractivity contribution in [3.8, 4) is 0 Å². The SMILES string of the molecule is CC1CCC(NC(=O)c2cc(S(=O)(=O)Cl)c(Cl)cc2F)C1. The molecule has 0 aliphatic heterocycles. The van der Waals surface area contributed by atoms with Crippen molar-refractivity contribution in [3.63, 3.8) is 0 Å². The van der Waals surface area contributed by atoms with Gasteiger partial charge in [-0.3, -0.25) is 4.79 Å². The van der Waals surface area contributed by atoms with Gasteiger partial charge in [-0.2, -0.15) is 0 Å². The molecule has 1 saturated carbocycles. The molecule has 0 heterocycles. The first-order valence-corrected chi connectivity index (χ1v) is 9.11. The van der Waals surface area contributed by atoms with Gasteiger partial charge in [-0.1, -0.05) is 18.5 Å². The number of amides is 1. The van der Waals surface area contributed by atoms with Gasteiger partial charge in [-0.15, -0.1) is 0 Å². The molecule has 0 spiro atoms. The first-order valence-electron chi connectivity index (χ1n) is 6.43. The van der Waals surface area contributed by atoms with E-state index < -0.39 is 25.7 Å². The number of carbonyl (C=O) groups excluding carboxylic acids is 1. The molecule has 0 bridgehead atoms. The lowest BCUT2D eigenvalue weighted by molar-refractivity contribution is 0.0933. The minimum absolute atomic E-state index is 0.0290. The second kappa shape index (κ2) is 6.10. The van der Waals surface area contributed by atoms with E-state index in [4.69, 9.17) is 22.3 Å². The molecule has 2 unspecified atom stereocenters. The quantitative estimate of drug-likeness (QED) is 0.847. The van der Waals surface area contributed by atoms with Crippen molar-refractivity contribution in [2.24, 2.45) is 5.92 Å². The number of nitrogens with one attached hydrogen (secondary N) is 1. The lowest BCUT2D eigenvalue weighted by atomic mass is 10.1. The smallest absolute Gasteiger partial charge is 0.262 e. The monoisotopic (exact) mass is 353 g/mol. The zero-order valence-corrected chi connectivity index (χ0v) is 13.5. The minimum Gasteiger partial charge on any atom is -0.349 e. The fourth-order valence-corrected chi connectivity index (χ4v) is 4.00. The average Bonchev–Trinajstić information content (AvgIpc) is 2.72. The molecule has 0 radical (unpaired) electrons. The summed E-state index contributed by atoms with van der Waals surface area (Å²) >= 11 is 5.64. The Balaban J connectivity index is 2.29. The van der Waals surface area contributed by atoms with E-state index in [0.717, 1.165) is 31.4 Å². The Bertz CT molecular complexity index is 678. The summed E-state index contributed by atoms with van der Waals surface area (Å²) in [4.78, 5) is 11.6. The van der Waals surface area contributed by atoms with Crippen LogP contribution in [0.15, 0.2) is 17.0 Å². The van der Waals surface area contributed by atoms with Crippen molar-refractivity contribution in [1.29, 1.82) is 0 Å². The maximum atomic E-state index is 13.8. The molecule has 1 aliphatic rings. The van der Waals surface area contributed by atoms with Crippen molar-refractivity contribution in [2.75, 3.05) is 0 Å². The molecule has 1 N–H and O–H groups in total. The number of carbonyl (C=O) groups is 1. The van der Waals surface area contributed by atoms with E-state index in [-0.39, 0.29) is 16.6 Å². The summed E-state index contributed by atoms with van der Waals surface area (Å²) < 4.78 is 36.5. The fraction of sp³-hybridized carbons (Fsp3) is 0.462. The minimum atomic E-state index is -4.15. The predicted octanol–water partition coefficient (Wildman–Crippen LogP) is 3.33. The highest BCUT2D eigenvalue weighted by Crippen LogP contribution is 2.29. The number of benzene rings is 1. The Morgan fingerprint density at radius 3 is 2.57 bits per heavy atom. The van der Waals surface area contributed by atoms with E-state index in [2.05, 4.69) is 12.2 Å². The van der Waals surface area contributed by atoms with Gasteiger partial charge in [-0.05, 0) is 37.3 Å². The molecular formula is C13H14Cl2FNO3S.